The molecule has 3 aromatic carbocycles. The molecule has 38 heavy (non-hydrogen) atoms. The number of nitrogens with one attached hydrogen (secondary N) is 3. The van der Waals surface area contributed by atoms with Crippen molar-refractivity contribution in [3.63, 3.8) is 0 Å². The Morgan fingerprint density at radius 1 is 0.868 bits per heavy atom. The van der Waals surface area contributed by atoms with Gasteiger partial charge in [-0.15, -0.1) is 23.2 Å². The largest absolute Gasteiger partial charge is 0.326 e. The van der Waals surface area contributed by atoms with Crippen LogP contribution >= 0.6 is 58.0 Å². The molecule has 0 aliphatic heterocycles. The summed E-state index contributed by atoms with van der Waals surface area (Å²) in [7, 11) is 0. The molecule has 2 atom stereocenters. The minimum atomic E-state index is -1.41. The Balaban J connectivity index is 0.00000280. The van der Waals surface area contributed by atoms with Crippen LogP contribution in [0.25, 0.3) is 0 Å². The van der Waals surface area contributed by atoms with Crippen LogP contribution in [0.15, 0.2) is 48.5 Å². The maximum absolute atomic E-state index is 14.7. The smallest absolute Gasteiger partial charge is 0.257 e. The Morgan fingerprint density at radius 3 is 2.21 bits per heavy atom. The second-order valence-corrected chi connectivity index (χ2v) is 11.1. The molecule has 0 aromatic heterocycles. The number of hydrogen-bond acceptors (Lipinski definition) is 3. The maximum atomic E-state index is 14.7. The first-order chi connectivity index (χ1) is 17.8. The normalized spacial score (nSPS) is 17.5. The van der Waals surface area contributed by atoms with Crippen molar-refractivity contribution in [2.75, 3.05) is 16.0 Å². The highest BCUT2D eigenvalue weighted by atomic mass is 35.5. The van der Waals surface area contributed by atoms with Gasteiger partial charge in [-0.25, -0.2) is 8.78 Å². The van der Waals surface area contributed by atoms with Gasteiger partial charge in [-0.2, -0.15) is 0 Å². The van der Waals surface area contributed by atoms with Gasteiger partial charge in [0, 0.05) is 22.8 Å². The van der Waals surface area contributed by atoms with Gasteiger partial charge in [-0.1, -0.05) is 40.9 Å². The second kappa shape index (κ2) is 10.9. The summed E-state index contributed by atoms with van der Waals surface area (Å²) >= 11 is 30.9. The predicted molar refractivity (Wildman–Crippen MR) is 152 cm³/mol. The van der Waals surface area contributed by atoms with Crippen LogP contribution in [0.2, 0.25) is 15.1 Å². The molecule has 0 unspecified atom stereocenters. The number of rotatable bonds is 6. The predicted octanol–water partition coefficient (Wildman–Crippen LogP) is 8.40. The van der Waals surface area contributed by atoms with Gasteiger partial charge in [0.05, 0.1) is 32.2 Å². The Labute approximate surface area is 245 Å². The van der Waals surface area contributed by atoms with E-state index in [2.05, 4.69) is 16.0 Å². The zero-order chi connectivity index (χ0) is 27.9. The summed E-state index contributed by atoms with van der Waals surface area (Å²) in [6, 6.07) is 10.7. The van der Waals surface area contributed by atoms with Crippen molar-refractivity contribution < 1.29 is 27.4 Å². The summed E-state index contributed by atoms with van der Waals surface area (Å²) in [5, 5.41) is 7.50. The topological polar surface area (TPSA) is 87.3 Å². The van der Waals surface area contributed by atoms with Gasteiger partial charge in [-0.3, -0.25) is 14.4 Å². The first-order valence-electron chi connectivity index (χ1n) is 10.8. The SMILES string of the molecule is CC(=O)Nc1ccc(F)c(NC(=O)c2cc(NC(=O)[C@H]3[C@H](c4ccc(Cl)c(Cl)c4)C3(Cl)Cl)ccc2Cl)c1F.[HH].[HH].[HH]. The van der Waals surface area contributed by atoms with E-state index in [1.54, 1.807) is 18.2 Å². The van der Waals surface area contributed by atoms with Gasteiger partial charge in [0.1, 0.15) is 15.8 Å². The van der Waals surface area contributed by atoms with E-state index in [9.17, 15) is 23.2 Å². The Bertz CT molecular complexity index is 1500. The van der Waals surface area contributed by atoms with Crippen LogP contribution in [0.1, 0.15) is 33.0 Å². The van der Waals surface area contributed by atoms with E-state index in [1.165, 1.54) is 18.2 Å². The number of halogens is 7. The molecule has 13 heteroatoms. The van der Waals surface area contributed by atoms with E-state index in [0.717, 1.165) is 19.1 Å². The number of hydrogen-bond donors (Lipinski definition) is 3. The van der Waals surface area contributed by atoms with E-state index < -0.39 is 51.2 Å². The van der Waals surface area contributed by atoms with E-state index in [0.29, 0.717) is 10.6 Å². The Hall–Kier alpha value is -2.62. The van der Waals surface area contributed by atoms with Gasteiger partial charge < -0.3 is 16.0 Å². The third kappa shape index (κ3) is 5.70. The number of anilines is 3. The molecule has 4 rings (SSSR count). The summed E-state index contributed by atoms with van der Waals surface area (Å²) in [5.74, 6) is -5.78. The molecule has 0 saturated heterocycles. The molecule has 0 bridgehead atoms. The van der Waals surface area contributed by atoms with E-state index in [-0.39, 0.29) is 31.3 Å². The number of carbonyl (C=O) groups is 3. The molecule has 1 fully saturated rings. The molecular weight excluding hydrogens is 606 g/mol. The van der Waals surface area contributed by atoms with Crippen LogP contribution in [-0.2, 0) is 9.59 Å². The first-order valence-corrected chi connectivity index (χ1v) is 12.7. The van der Waals surface area contributed by atoms with Crippen LogP contribution in [0, 0.1) is 17.6 Å². The lowest BCUT2D eigenvalue weighted by atomic mass is 10.1. The lowest BCUT2D eigenvalue weighted by Gasteiger charge is -2.13. The van der Waals surface area contributed by atoms with Crippen LogP contribution in [0.3, 0.4) is 0 Å². The Morgan fingerprint density at radius 2 is 1.55 bits per heavy atom. The van der Waals surface area contributed by atoms with Crippen molar-refractivity contribution in [3.8, 4) is 0 Å². The molecular formula is C25H22Cl5F2N3O3. The van der Waals surface area contributed by atoms with Crippen LogP contribution in [-0.4, -0.2) is 22.1 Å². The zero-order valence-electron chi connectivity index (χ0n) is 19.1. The van der Waals surface area contributed by atoms with E-state index in [1.807, 2.05) is 0 Å². The Kier molecular flexibility index (Phi) is 8.12. The van der Waals surface area contributed by atoms with Gasteiger partial charge in [0.25, 0.3) is 5.91 Å². The lowest BCUT2D eigenvalue weighted by Crippen LogP contribution is -2.19. The third-order valence-corrected chi connectivity index (χ3v) is 7.77. The van der Waals surface area contributed by atoms with Gasteiger partial charge in [-0.05, 0) is 48.0 Å². The minimum absolute atomic E-state index is 0. The van der Waals surface area contributed by atoms with Crippen molar-refractivity contribution in [1.29, 1.82) is 0 Å². The first kappa shape index (κ1) is 28.4. The van der Waals surface area contributed by atoms with Crippen molar-refractivity contribution in [2.24, 2.45) is 5.92 Å². The molecule has 3 aromatic rings. The molecule has 204 valence electrons. The fraction of sp³-hybridized carbons (Fsp3) is 0.160. The highest BCUT2D eigenvalue weighted by Crippen LogP contribution is 2.65. The third-order valence-electron chi connectivity index (χ3n) is 5.76. The molecule has 3 N–H and O–H groups in total. The lowest BCUT2D eigenvalue weighted by molar-refractivity contribution is -0.117. The fourth-order valence-corrected chi connectivity index (χ4v) is 5.24. The van der Waals surface area contributed by atoms with E-state index in [4.69, 9.17) is 58.0 Å². The van der Waals surface area contributed by atoms with Crippen LogP contribution in [0.5, 0.6) is 0 Å². The number of amides is 3. The molecule has 1 aliphatic carbocycles. The van der Waals surface area contributed by atoms with Crippen LogP contribution < -0.4 is 16.0 Å². The summed E-state index contributed by atoms with van der Waals surface area (Å²) in [6.45, 7) is 1.15. The van der Waals surface area contributed by atoms with E-state index >= 15 is 0 Å². The summed E-state index contributed by atoms with van der Waals surface area (Å²) in [5.41, 5.74) is -0.531. The summed E-state index contributed by atoms with van der Waals surface area (Å²) in [6.07, 6.45) is 0. The van der Waals surface area contributed by atoms with Crippen molar-refractivity contribution in [2.45, 2.75) is 17.2 Å². The van der Waals surface area contributed by atoms with Crippen LogP contribution in [0.4, 0.5) is 25.8 Å². The minimum Gasteiger partial charge on any atom is -0.326 e. The molecule has 6 nitrogen and oxygen atoms in total. The standard InChI is InChI=1S/C25H16Cl5F2N3O3.3H2/c1-10(36)33-18-7-6-17(31)22(21(18)32)35-23(37)13-9-12(3-5-14(13)26)34-24(38)20-19(25(20,29)30)11-2-4-15(27)16(28)8-11;;;/h2-9,19-20H,1H3,(H,33,36)(H,34,38)(H,35,37);3*1H/t19-,20+;;;/m0.../s1. The molecule has 3 amide bonds. The average molecular weight is 628 g/mol. The highest BCUT2D eigenvalue weighted by Gasteiger charge is 2.67. The second-order valence-electron chi connectivity index (χ2n) is 8.41. The maximum Gasteiger partial charge on any atom is 0.257 e. The van der Waals surface area contributed by atoms with Crippen molar-refractivity contribution in [1.82, 2.24) is 0 Å². The molecule has 0 spiro atoms. The van der Waals surface area contributed by atoms with Gasteiger partial charge in [0.15, 0.2) is 5.82 Å². The average Bonchev–Trinajstić information content (AvgIpc) is 3.43. The highest BCUT2D eigenvalue weighted by molar-refractivity contribution is 6.53. The molecule has 1 aliphatic rings. The quantitative estimate of drug-likeness (QED) is 0.240. The van der Waals surface area contributed by atoms with Gasteiger partial charge in [0.2, 0.25) is 11.8 Å². The number of benzene rings is 3. The monoisotopic (exact) mass is 625 g/mol. The summed E-state index contributed by atoms with van der Waals surface area (Å²) < 4.78 is 27.6. The summed E-state index contributed by atoms with van der Waals surface area (Å²) in [4.78, 5) is 37.1. The fourth-order valence-electron chi connectivity index (χ4n) is 3.90. The number of alkyl halides is 2. The molecule has 1 saturated carbocycles. The van der Waals surface area contributed by atoms with Crippen molar-refractivity contribution >= 4 is 92.8 Å². The van der Waals surface area contributed by atoms with Gasteiger partial charge >= 0.3 is 0 Å². The molecule has 0 radical (unpaired) electrons. The van der Waals surface area contributed by atoms with Crippen molar-refractivity contribution in [3.05, 3.63) is 86.4 Å². The molecule has 0 heterocycles. The zero-order valence-corrected chi connectivity index (χ0v) is 22.9. The number of carbonyl (C=O) groups excluding carboxylic acids is 3.